The van der Waals surface area contributed by atoms with Crippen LogP contribution in [0.25, 0.3) is 11.0 Å². The molecule has 2 heterocycles. The van der Waals surface area contributed by atoms with Gasteiger partial charge in [0.2, 0.25) is 0 Å². The first-order valence-corrected chi connectivity index (χ1v) is 8.49. The highest BCUT2D eigenvalue weighted by Crippen LogP contribution is 2.27. The van der Waals surface area contributed by atoms with Gasteiger partial charge in [0.05, 0.1) is 5.39 Å². The van der Waals surface area contributed by atoms with E-state index in [1.165, 1.54) is 16.7 Å². The Hall–Kier alpha value is -2.36. The zero-order valence-corrected chi connectivity index (χ0v) is 13.5. The number of hydrogen-bond donors (Lipinski definition) is 2. The Balaban J connectivity index is 1.58. The maximum atomic E-state index is 4.52. The maximum Gasteiger partial charge on any atom is 0.143 e. The Bertz CT molecular complexity index is 794. The van der Waals surface area contributed by atoms with Crippen LogP contribution in [-0.4, -0.2) is 21.0 Å². The molecule has 0 unspecified atom stereocenters. The van der Waals surface area contributed by atoms with Crippen LogP contribution in [0.5, 0.6) is 0 Å². The van der Waals surface area contributed by atoms with Crippen molar-refractivity contribution in [3.8, 4) is 0 Å². The van der Waals surface area contributed by atoms with Gasteiger partial charge >= 0.3 is 0 Å². The summed E-state index contributed by atoms with van der Waals surface area (Å²) < 4.78 is 0. The number of fused-ring (bicyclic) bond motifs is 2. The molecule has 23 heavy (non-hydrogen) atoms. The average molecular weight is 306 g/mol. The molecule has 4 heteroatoms. The number of aromatic nitrogens is 3. The van der Waals surface area contributed by atoms with Gasteiger partial charge in [-0.15, -0.1) is 0 Å². The van der Waals surface area contributed by atoms with E-state index in [2.05, 4.69) is 51.5 Å². The molecule has 0 saturated heterocycles. The summed E-state index contributed by atoms with van der Waals surface area (Å²) in [7, 11) is 0. The van der Waals surface area contributed by atoms with Gasteiger partial charge < -0.3 is 10.3 Å². The molecule has 0 spiro atoms. The van der Waals surface area contributed by atoms with Gasteiger partial charge in [0.1, 0.15) is 17.8 Å². The number of nitrogens with zero attached hydrogens (tertiary/aromatic N) is 2. The van der Waals surface area contributed by atoms with Crippen molar-refractivity contribution in [2.45, 2.75) is 45.1 Å². The lowest BCUT2D eigenvalue weighted by molar-refractivity contribution is 0.625. The summed E-state index contributed by atoms with van der Waals surface area (Å²) in [5.74, 6) is 0.976. The number of rotatable bonds is 3. The van der Waals surface area contributed by atoms with Crippen molar-refractivity contribution in [1.82, 2.24) is 15.0 Å². The van der Waals surface area contributed by atoms with Crippen LogP contribution in [-0.2, 0) is 19.3 Å². The third-order valence-corrected chi connectivity index (χ3v) is 4.92. The molecular formula is C19H22N4. The lowest BCUT2D eigenvalue weighted by atomic mass is 10.0. The van der Waals surface area contributed by atoms with E-state index in [0.29, 0.717) is 6.04 Å². The number of benzene rings is 1. The summed E-state index contributed by atoms with van der Waals surface area (Å²) in [5, 5.41) is 4.84. The Morgan fingerprint density at radius 3 is 2.57 bits per heavy atom. The van der Waals surface area contributed by atoms with Crippen molar-refractivity contribution >= 4 is 16.9 Å². The van der Waals surface area contributed by atoms with Crippen molar-refractivity contribution in [3.05, 3.63) is 53.5 Å². The molecule has 2 aromatic heterocycles. The smallest absolute Gasteiger partial charge is 0.143 e. The van der Waals surface area contributed by atoms with Gasteiger partial charge in [-0.1, -0.05) is 31.2 Å². The van der Waals surface area contributed by atoms with Crippen LogP contribution >= 0.6 is 0 Å². The lowest BCUT2D eigenvalue weighted by Gasteiger charge is -2.17. The second-order valence-corrected chi connectivity index (χ2v) is 6.30. The largest absolute Gasteiger partial charge is 0.367 e. The van der Waals surface area contributed by atoms with Crippen LogP contribution in [0, 0.1) is 0 Å². The molecule has 4 rings (SSSR count). The fourth-order valence-corrected chi connectivity index (χ4v) is 3.60. The fourth-order valence-electron chi connectivity index (χ4n) is 3.60. The molecule has 0 aliphatic heterocycles. The minimum absolute atomic E-state index is 0.458. The molecule has 1 aliphatic rings. The molecule has 0 atom stereocenters. The van der Waals surface area contributed by atoms with Gasteiger partial charge in [0, 0.05) is 12.2 Å². The molecule has 0 radical (unpaired) electrons. The summed E-state index contributed by atoms with van der Waals surface area (Å²) in [4.78, 5) is 12.1. The number of nitrogens with one attached hydrogen (secondary N) is 2. The molecule has 3 aromatic rings. The van der Waals surface area contributed by atoms with Gasteiger partial charge in [-0.05, 0) is 48.8 Å². The van der Waals surface area contributed by atoms with E-state index < -0.39 is 0 Å². The molecule has 1 aliphatic carbocycles. The number of hydrogen-bond acceptors (Lipinski definition) is 3. The highest BCUT2D eigenvalue weighted by Gasteiger charge is 2.18. The minimum atomic E-state index is 0.458. The molecular weight excluding hydrogens is 284 g/mol. The van der Waals surface area contributed by atoms with Gasteiger partial charge in [0.15, 0.2) is 0 Å². The van der Waals surface area contributed by atoms with Crippen molar-refractivity contribution < 1.29 is 0 Å². The van der Waals surface area contributed by atoms with E-state index in [-0.39, 0.29) is 0 Å². The van der Waals surface area contributed by atoms with E-state index in [1.807, 2.05) is 6.20 Å². The Morgan fingerprint density at radius 2 is 1.87 bits per heavy atom. The Morgan fingerprint density at radius 1 is 1.13 bits per heavy atom. The van der Waals surface area contributed by atoms with Crippen LogP contribution in [0.4, 0.5) is 5.82 Å². The quantitative estimate of drug-likeness (QED) is 0.722. The predicted octanol–water partition coefficient (Wildman–Crippen LogP) is 3.88. The van der Waals surface area contributed by atoms with Gasteiger partial charge in [-0.2, -0.15) is 0 Å². The van der Waals surface area contributed by atoms with Crippen LogP contribution < -0.4 is 5.32 Å². The summed E-state index contributed by atoms with van der Waals surface area (Å²) in [6.07, 6.45) is 9.24. The maximum absolute atomic E-state index is 4.52. The van der Waals surface area contributed by atoms with Crippen molar-refractivity contribution in [2.24, 2.45) is 0 Å². The Labute approximate surface area is 136 Å². The minimum Gasteiger partial charge on any atom is -0.367 e. The highest BCUT2D eigenvalue weighted by molar-refractivity contribution is 5.90. The van der Waals surface area contributed by atoms with Gasteiger partial charge in [0.25, 0.3) is 0 Å². The monoisotopic (exact) mass is 306 g/mol. The summed E-state index contributed by atoms with van der Waals surface area (Å²) in [5.41, 5.74) is 5.21. The molecule has 2 N–H and O–H groups in total. The Kier molecular flexibility index (Phi) is 3.74. The zero-order chi connectivity index (χ0) is 15.6. The van der Waals surface area contributed by atoms with E-state index in [1.54, 1.807) is 6.33 Å². The molecule has 0 saturated carbocycles. The van der Waals surface area contributed by atoms with Crippen LogP contribution in [0.1, 0.15) is 36.5 Å². The second-order valence-electron chi connectivity index (χ2n) is 6.30. The van der Waals surface area contributed by atoms with E-state index in [4.69, 9.17) is 0 Å². The SMILES string of the molecule is CCc1c[nH]c2ncnc(NC3CCc4ccccc4CC3)c12. The van der Waals surface area contributed by atoms with E-state index >= 15 is 0 Å². The number of aromatic amines is 1. The van der Waals surface area contributed by atoms with Crippen LogP contribution in [0.3, 0.4) is 0 Å². The molecule has 0 bridgehead atoms. The molecule has 118 valence electrons. The molecule has 4 nitrogen and oxygen atoms in total. The molecule has 0 amide bonds. The predicted molar refractivity (Wildman–Crippen MR) is 93.8 cm³/mol. The first kappa shape index (κ1) is 14.2. The first-order valence-electron chi connectivity index (χ1n) is 8.49. The first-order chi connectivity index (χ1) is 11.3. The standard InChI is InChI=1S/C19H22N4/c1-2-13-11-20-18-17(13)19(22-12-21-18)23-16-9-7-14-5-3-4-6-15(14)8-10-16/h3-6,11-12,16H,2,7-10H2,1H3,(H2,20,21,22,23). The molecule has 0 fully saturated rings. The summed E-state index contributed by atoms with van der Waals surface area (Å²) in [6, 6.07) is 9.28. The van der Waals surface area contributed by atoms with E-state index in [0.717, 1.165) is 49.0 Å². The van der Waals surface area contributed by atoms with Crippen molar-refractivity contribution in [1.29, 1.82) is 0 Å². The van der Waals surface area contributed by atoms with Crippen molar-refractivity contribution in [3.63, 3.8) is 0 Å². The third-order valence-electron chi connectivity index (χ3n) is 4.92. The number of H-pyrrole nitrogens is 1. The highest BCUT2D eigenvalue weighted by atomic mass is 15.1. The number of aryl methyl sites for hydroxylation is 3. The van der Waals surface area contributed by atoms with Crippen LogP contribution in [0.15, 0.2) is 36.8 Å². The van der Waals surface area contributed by atoms with E-state index in [9.17, 15) is 0 Å². The summed E-state index contributed by atoms with van der Waals surface area (Å²) >= 11 is 0. The fraction of sp³-hybridized carbons (Fsp3) is 0.368. The van der Waals surface area contributed by atoms with Gasteiger partial charge in [-0.3, -0.25) is 0 Å². The lowest BCUT2D eigenvalue weighted by Crippen LogP contribution is -2.20. The average Bonchev–Trinajstić information content (AvgIpc) is 2.91. The zero-order valence-electron chi connectivity index (χ0n) is 13.5. The summed E-state index contributed by atoms with van der Waals surface area (Å²) in [6.45, 7) is 2.17. The molecule has 1 aromatic carbocycles. The second kappa shape index (κ2) is 6.03. The third kappa shape index (κ3) is 2.69. The topological polar surface area (TPSA) is 53.6 Å². The van der Waals surface area contributed by atoms with Crippen molar-refractivity contribution in [2.75, 3.05) is 5.32 Å². The van der Waals surface area contributed by atoms with Crippen LogP contribution in [0.2, 0.25) is 0 Å². The van der Waals surface area contributed by atoms with Gasteiger partial charge in [-0.25, -0.2) is 9.97 Å². The normalized spacial score (nSPS) is 15.3. The number of anilines is 1.